The molecule has 5 nitrogen and oxygen atoms in total. The van der Waals surface area contributed by atoms with Crippen molar-refractivity contribution < 1.29 is 9.53 Å². The highest BCUT2D eigenvalue weighted by atomic mass is 35.5. The predicted molar refractivity (Wildman–Crippen MR) is 81.2 cm³/mol. The highest BCUT2D eigenvalue weighted by molar-refractivity contribution is 6.35. The molecule has 1 aliphatic rings. The van der Waals surface area contributed by atoms with Crippen LogP contribution in [0.5, 0.6) is 0 Å². The third-order valence-electron chi connectivity index (χ3n) is 2.90. The normalized spacial score (nSPS) is 15.5. The summed E-state index contributed by atoms with van der Waals surface area (Å²) in [5, 5.41) is 12.5. The molecule has 0 saturated carbocycles. The quantitative estimate of drug-likeness (QED) is 0.685. The molecule has 1 aromatic rings. The van der Waals surface area contributed by atoms with Gasteiger partial charge in [0.25, 0.3) is 5.91 Å². The molecule has 1 aromatic carbocycles. The van der Waals surface area contributed by atoms with Gasteiger partial charge < -0.3 is 15.0 Å². The maximum absolute atomic E-state index is 12.1. The van der Waals surface area contributed by atoms with Gasteiger partial charge in [-0.1, -0.05) is 23.2 Å². The average Bonchev–Trinajstić information content (AvgIpc) is 2.49. The van der Waals surface area contributed by atoms with Gasteiger partial charge in [0.1, 0.15) is 11.6 Å². The maximum Gasteiger partial charge on any atom is 0.267 e. The molecular formula is C14H13Cl2N3O2. The molecule has 1 heterocycles. The zero-order valence-electron chi connectivity index (χ0n) is 11.1. The van der Waals surface area contributed by atoms with Crippen molar-refractivity contribution in [2.45, 2.75) is 0 Å². The molecule has 21 heavy (non-hydrogen) atoms. The number of halogens is 2. The van der Waals surface area contributed by atoms with E-state index in [-0.39, 0.29) is 5.57 Å². The molecule has 2 rings (SSSR count). The van der Waals surface area contributed by atoms with Gasteiger partial charge >= 0.3 is 0 Å². The standard InChI is InChI=1S/C14H13Cl2N3O2/c15-11-1-2-12(16)13(7-11)18-14(20)10(8-17)9-19-3-5-21-6-4-19/h1-2,7,9H,3-6H2,(H,18,20)/b10-9-. The summed E-state index contributed by atoms with van der Waals surface area (Å²) in [4.78, 5) is 14.0. The largest absolute Gasteiger partial charge is 0.378 e. The summed E-state index contributed by atoms with van der Waals surface area (Å²) in [6.45, 7) is 2.46. The zero-order chi connectivity index (χ0) is 15.2. The lowest BCUT2D eigenvalue weighted by molar-refractivity contribution is -0.112. The molecule has 1 N–H and O–H groups in total. The van der Waals surface area contributed by atoms with Gasteiger partial charge in [-0.3, -0.25) is 4.79 Å². The summed E-state index contributed by atoms with van der Waals surface area (Å²) < 4.78 is 5.21. The minimum Gasteiger partial charge on any atom is -0.378 e. The predicted octanol–water partition coefficient (Wildman–Crippen LogP) is 2.67. The van der Waals surface area contributed by atoms with Gasteiger partial charge in [-0.25, -0.2) is 0 Å². The van der Waals surface area contributed by atoms with E-state index in [0.717, 1.165) is 0 Å². The second kappa shape index (κ2) is 7.32. The molecule has 1 fully saturated rings. The van der Waals surface area contributed by atoms with Crippen molar-refractivity contribution in [2.24, 2.45) is 0 Å². The highest BCUT2D eigenvalue weighted by Gasteiger charge is 2.15. The van der Waals surface area contributed by atoms with Gasteiger partial charge in [0.2, 0.25) is 0 Å². The van der Waals surface area contributed by atoms with E-state index in [2.05, 4.69) is 5.32 Å². The van der Waals surface area contributed by atoms with Crippen LogP contribution in [0, 0.1) is 11.3 Å². The van der Waals surface area contributed by atoms with Crippen LogP contribution in [0.2, 0.25) is 10.0 Å². The third kappa shape index (κ3) is 4.36. The van der Waals surface area contributed by atoms with Crippen LogP contribution >= 0.6 is 23.2 Å². The van der Waals surface area contributed by atoms with Gasteiger partial charge in [0.15, 0.2) is 0 Å². The molecule has 110 valence electrons. The topological polar surface area (TPSA) is 65.4 Å². The number of nitrogens with one attached hydrogen (secondary N) is 1. The lowest BCUT2D eigenvalue weighted by Crippen LogP contribution is -2.33. The van der Waals surface area contributed by atoms with Crippen molar-refractivity contribution in [3.63, 3.8) is 0 Å². The first-order chi connectivity index (χ1) is 10.1. The Hall–Kier alpha value is -1.74. The van der Waals surface area contributed by atoms with Crippen LogP contribution in [0.4, 0.5) is 5.69 Å². The lowest BCUT2D eigenvalue weighted by Gasteiger charge is -2.25. The van der Waals surface area contributed by atoms with Crippen LogP contribution < -0.4 is 5.32 Å². The number of nitrogens with zero attached hydrogens (tertiary/aromatic N) is 2. The molecule has 7 heteroatoms. The smallest absolute Gasteiger partial charge is 0.267 e. The van der Waals surface area contributed by atoms with Gasteiger partial charge in [-0.2, -0.15) is 5.26 Å². The SMILES string of the molecule is N#C/C(=C/N1CCOCC1)C(=O)Nc1cc(Cl)ccc1Cl. The second-order valence-electron chi connectivity index (χ2n) is 4.38. The number of nitriles is 1. The summed E-state index contributed by atoms with van der Waals surface area (Å²) in [5.74, 6) is -0.520. The van der Waals surface area contributed by atoms with Gasteiger partial charge in [0, 0.05) is 24.3 Å². The second-order valence-corrected chi connectivity index (χ2v) is 5.22. The van der Waals surface area contributed by atoms with Gasteiger partial charge in [0.05, 0.1) is 23.9 Å². The fraction of sp³-hybridized carbons (Fsp3) is 0.286. The number of carbonyl (C=O) groups is 1. The zero-order valence-corrected chi connectivity index (χ0v) is 12.6. The van der Waals surface area contributed by atoms with Crippen molar-refractivity contribution in [1.29, 1.82) is 5.26 Å². The molecule has 1 aliphatic heterocycles. The first kappa shape index (κ1) is 15.6. The molecule has 0 bridgehead atoms. The minimum absolute atomic E-state index is 0.00735. The van der Waals surface area contributed by atoms with E-state index in [1.807, 2.05) is 11.0 Å². The Morgan fingerprint density at radius 1 is 1.38 bits per heavy atom. The number of carbonyl (C=O) groups excluding carboxylic acids is 1. The van der Waals surface area contributed by atoms with Crippen LogP contribution in [0.1, 0.15) is 0 Å². The van der Waals surface area contributed by atoms with Crippen LogP contribution in [-0.4, -0.2) is 37.1 Å². The van der Waals surface area contributed by atoms with Crippen molar-refractivity contribution >= 4 is 34.8 Å². The number of ether oxygens (including phenoxy) is 1. The monoisotopic (exact) mass is 325 g/mol. The van der Waals surface area contributed by atoms with Crippen LogP contribution in [0.3, 0.4) is 0 Å². The van der Waals surface area contributed by atoms with E-state index in [0.29, 0.717) is 42.0 Å². The Kier molecular flexibility index (Phi) is 5.45. The fourth-order valence-corrected chi connectivity index (χ4v) is 2.15. The van der Waals surface area contributed by atoms with Crippen LogP contribution in [-0.2, 0) is 9.53 Å². The van der Waals surface area contributed by atoms with Crippen molar-refractivity contribution in [2.75, 3.05) is 31.6 Å². The van der Waals surface area contributed by atoms with E-state index in [1.165, 1.54) is 12.3 Å². The van der Waals surface area contributed by atoms with E-state index in [9.17, 15) is 4.79 Å². The van der Waals surface area contributed by atoms with Crippen LogP contribution in [0.15, 0.2) is 30.0 Å². The Labute approximate surface area is 132 Å². The third-order valence-corrected chi connectivity index (χ3v) is 3.46. The maximum atomic E-state index is 12.1. The highest BCUT2D eigenvalue weighted by Crippen LogP contribution is 2.25. The number of amides is 1. The number of benzene rings is 1. The van der Waals surface area contributed by atoms with Crippen molar-refractivity contribution in [3.05, 3.63) is 40.0 Å². The van der Waals surface area contributed by atoms with Crippen molar-refractivity contribution in [3.8, 4) is 6.07 Å². The number of hydrogen-bond acceptors (Lipinski definition) is 4. The first-order valence-corrected chi connectivity index (χ1v) is 7.06. The number of rotatable bonds is 3. The first-order valence-electron chi connectivity index (χ1n) is 6.30. The number of morpholine rings is 1. The lowest BCUT2D eigenvalue weighted by atomic mass is 10.2. The molecule has 0 radical (unpaired) electrons. The Balaban J connectivity index is 2.11. The van der Waals surface area contributed by atoms with Gasteiger partial charge in [-0.15, -0.1) is 0 Å². The molecule has 0 aliphatic carbocycles. The summed E-state index contributed by atoms with van der Waals surface area (Å²) >= 11 is 11.8. The minimum atomic E-state index is -0.520. The summed E-state index contributed by atoms with van der Waals surface area (Å²) in [7, 11) is 0. The molecule has 1 saturated heterocycles. The molecule has 0 unspecified atom stereocenters. The Morgan fingerprint density at radius 2 is 2.10 bits per heavy atom. The molecule has 0 spiro atoms. The van der Waals surface area contributed by atoms with E-state index < -0.39 is 5.91 Å². The summed E-state index contributed by atoms with van der Waals surface area (Å²) in [6.07, 6.45) is 1.54. The number of anilines is 1. The molecular weight excluding hydrogens is 313 g/mol. The summed E-state index contributed by atoms with van der Waals surface area (Å²) in [5.41, 5.74) is 0.380. The molecule has 0 aromatic heterocycles. The van der Waals surface area contributed by atoms with E-state index in [4.69, 9.17) is 33.2 Å². The fourth-order valence-electron chi connectivity index (χ4n) is 1.81. The van der Waals surface area contributed by atoms with Gasteiger partial charge in [-0.05, 0) is 18.2 Å². The van der Waals surface area contributed by atoms with Crippen LogP contribution in [0.25, 0.3) is 0 Å². The average molecular weight is 326 g/mol. The summed E-state index contributed by atoms with van der Waals surface area (Å²) in [6, 6.07) is 6.63. The van der Waals surface area contributed by atoms with E-state index >= 15 is 0 Å². The van der Waals surface area contributed by atoms with Crippen molar-refractivity contribution in [1.82, 2.24) is 4.90 Å². The Bertz CT molecular complexity index is 605. The number of hydrogen-bond donors (Lipinski definition) is 1. The molecule has 1 amide bonds. The molecule has 0 atom stereocenters. The van der Waals surface area contributed by atoms with E-state index in [1.54, 1.807) is 12.1 Å². The Morgan fingerprint density at radius 3 is 2.76 bits per heavy atom.